The number of hydrogen-bond donors (Lipinski definition) is 0. The topological polar surface area (TPSA) is 131 Å². The van der Waals surface area contributed by atoms with Gasteiger partial charge in [0.1, 0.15) is 0 Å². The van der Waals surface area contributed by atoms with Crippen molar-refractivity contribution in [2.24, 2.45) is 5.10 Å². The number of carbonyl (C=O) groups excluding carboxylic acids is 1. The van der Waals surface area contributed by atoms with Crippen molar-refractivity contribution >= 4 is 34.9 Å². The molecule has 0 aromatic heterocycles. The zero-order valence-electron chi connectivity index (χ0n) is 16.2. The van der Waals surface area contributed by atoms with Gasteiger partial charge in [-0.05, 0) is 35.9 Å². The van der Waals surface area contributed by atoms with Crippen LogP contribution in [0.4, 0.5) is 17.1 Å². The molecule has 2 heterocycles. The van der Waals surface area contributed by atoms with Gasteiger partial charge in [0.2, 0.25) is 0 Å². The first kappa shape index (κ1) is 20.2. The average Bonchev–Trinajstić information content (AvgIpc) is 3.11. The maximum absolute atomic E-state index is 13.2. The SMILES string of the molecule is O=C1C(=Cc2ccc([N+](=O)[O-])cc2)C(N2CCOCC2)=NN1c1ccc([N+](=O)[O-])cc1. The van der Waals surface area contributed by atoms with Crippen molar-refractivity contribution in [2.45, 2.75) is 0 Å². The summed E-state index contributed by atoms with van der Waals surface area (Å²) >= 11 is 0. The van der Waals surface area contributed by atoms with E-state index in [4.69, 9.17) is 4.74 Å². The van der Waals surface area contributed by atoms with Crippen molar-refractivity contribution in [1.29, 1.82) is 0 Å². The van der Waals surface area contributed by atoms with Crippen molar-refractivity contribution in [3.8, 4) is 0 Å². The summed E-state index contributed by atoms with van der Waals surface area (Å²) in [6, 6.07) is 11.4. The highest BCUT2D eigenvalue weighted by atomic mass is 16.6. The number of amides is 1. The third-order valence-corrected chi connectivity index (χ3v) is 4.89. The third kappa shape index (κ3) is 4.12. The van der Waals surface area contributed by atoms with Gasteiger partial charge in [-0.15, -0.1) is 5.10 Å². The zero-order chi connectivity index (χ0) is 22.0. The Morgan fingerprint density at radius 1 is 0.903 bits per heavy atom. The largest absolute Gasteiger partial charge is 0.378 e. The fourth-order valence-corrected chi connectivity index (χ4v) is 3.29. The summed E-state index contributed by atoms with van der Waals surface area (Å²) in [5, 5.41) is 27.5. The van der Waals surface area contributed by atoms with Gasteiger partial charge < -0.3 is 9.64 Å². The summed E-state index contributed by atoms with van der Waals surface area (Å²) in [4.78, 5) is 35.9. The number of nitro groups is 2. The van der Waals surface area contributed by atoms with Crippen molar-refractivity contribution < 1.29 is 19.4 Å². The van der Waals surface area contributed by atoms with Crippen LogP contribution in [0.2, 0.25) is 0 Å². The van der Waals surface area contributed by atoms with Gasteiger partial charge in [-0.25, -0.2) is 0 Å². The monoisotopic (exact) mass is 423 g/mol. The fourth-order valence-electron chi connectivity index (χ4n) is 3.29. The van der Waals surface area contributed by atoms with Crippen LogP contribution in [-0.2, 0) is 9.53 Å². The van der Waals surface area contributed by atoms with Crippen LogP contribution in [0, 0.1) is 20.2 Å². The predicted molar refractivity (Wildman–Crippen MR) is 111 cm³/mol. The molecule has 0 unspecified atom stereocenters. The number of hydrazone groups is 1. The Balaban J connectivity index is 1.70. The molecule has 0 atom stereocenters. The van der Waals surface area contributed by atoms with Crippen molar-refractivity contribution in [3.63, 3.8) is 0 Å². The molecular weight excluding hydrogens is 406 g/mol. The molecule has 2 aromatic rings. The molecule has 0 bridgehead atoms. The Bertz CT molecular complexity index is 1090. The Labute approximate surface area is 176 Å². The number of carbonyl (C=O) groups is 1. The first-order chi connectivity index (χ1) is 14.9. The molecule has 1 amide bonds. The van der Waals surface area contributed by atoms with E-state index in [9.17, 15) is 25.0 Å². The number of benzene rings is 2. The van der Waals surface area contributed by atoms with Gasteiger partial charge in [-0.1, -0.05) is 0 Å². The number of ether oxygens (including phenoxy) is 1. The fraction of sp³-hybridized carbons (Fsp3) is 0.200. The molecule has 0 spiro atoms. The number of anilines is 1. The summed E-state index contributed by atoms with van der Waals surface area (Å²) in [7, 11) is 0. The highest BCUT2D eigenvalue weighted by Crippen LogP contribution is 2.28. The molecule has 0 radical (unpaired) electrons. The van der Waals surface area contributed by atoms with Gasteiger partial charge in [0.25, 0.3) is 17.3 Å². The Hall–Kier alpha value is -4.12. The molecule has 31 heavy (non-hydrogen) atoms. The average molecular weight is 423 g/mol. The molecule has 0 aliphatic carbocycles. The van der Waals surface area contributed by atoms with Crippen LogP contribution in [-0.4, -0.2) is 52.8 Å². The summed E-state index contributed by atoms with van der Waals surface area (Å²) < 4.78 is 5.38. The van der Waals surface area contributed by atoms with Crippen molar-refractivity contribution in [1.82, 2.24) is 4.90 Å². The Morgan fingerprint density at radius 2 is 1.45 bits per heavy atom. The number of non-ortho nitro benzene ring substituents is 2. The van der Waals surface area contributed by atoms with Crippen LogP contribution in [0.5, 0.6) is 0 Å². The van der Waals surface area contributed by atoms with Gasteiger partial charge >= 0.3 is 0 Å². The van der Waals surface area contributed by atoms with E-state index in [-0.39, 0.29) is 11.4 Å². The minimum Gasteiger partial charge on any atom is -0.378 e. The Kier molecular flexibility index (Phi) is 5.41. The number of amidine groups is 1. The van der Waals surface area contributed by atoms with Crippen LogP contribution in [0.25, 0.3) is 6.08 Å². The number of nitrogens with zero attached hydrogens (tertiary/aromatic N) is 5. The molecule has 11 heteroatoms. The van der Waals surface area contributed by atoms with E-state index >= 15 is 0 Å². The van der Waals surface area contributed by atoms with Gasteiger partial charge in [-0.2, -0.15) is 5.01 Å². The second kappa shape index (κ2) is 8.32. The molecule has 11 nitrogen and oxygen atoms in total. The minimum atomic E-state index is -0.516. The van der Waals surface area contributed by atoms with E-state index in [2.05, 4.69) is 5.10 Å². The van der Waals surface area contributed by atoms with E-state index in [1.54, 1.807) is 18.2 Å². The number of nitro benzene ring substituents is 2. The predicted octanol–water partition coefficient (Wildman–Crippen LogP) is 2.58. The standard InChI is InChI=1S/C20H17N5O6/c26-20-18(13-14-1-3-16(4-2-14)24(27)28)19(22-9-11-31-12-10-22)21-23(20)15-5-7-17(8-6-15)25(29)30/h1-8,13H,9-12H2. The molecular formula is C20H17N5O6. The number of morpholine rings is 1. The lowest BCUT2D eigenvalue weighted by Crippen LogP contribution is -2.41. The lowest BCUT2D eigenvalue weighted by molar-refractivity contribution is -0.385. The van der Waals surface area contributed by atoms with Gasteiger partial charge in [0.05, 0.1) is 34.3 Å². The minimum absolute atomic E-state index is 0.0468. The van der Waals surface area contributed by atoms with E-state index < -0.39 is 15.8 Å². The normalized spacial score (nSPS) is 17.7. The van der Waals surface area contributed by atoms with Gasteiger partial charge in [0, 0.05) is 37.4 Å². The van der Waals surface area contributed by atoms with Crippen LogP contribution in [0.3, 0.4) is 0 Å². The maximum Gasteiger partial charge on any atom is 0.282 e. The van der Waals surface area contributed by atoms with Crippen LogP contribution in [0.1, 0.15) is 5.56 Å². The van der Waals surface area contributed by atoms with Crippen LogP contribution in [0.15, 0.2) is 59.2 Å². The Morgan fingerprint density at radius 3 is 2.00 bits per heavy atom. The lowest BCUT2D eigenvalue weighted by Gasteiger charge is -2.28. The van der Waals surface area contributed by atoms with Gasteiger partial charge in [-0.3, -0.25) is 25.0 Å². The summed E-state index contributed by atoms with van der Waals surface area (Å²) in [6.45, 7) is 2.10. The molecule has 2 aliphatic heterocycles. The second-order valence-electron chi connectivity index (χ2n) is 6.82. The summed E-state index contributed by atoms with van der Waals surface area (Å²) in [5.41, 5.74) is 1.20. The molecule has 4 rings (SSSR count). The van der Waals surface area contributed by atoms with E-state index in [1.165, 1.54) is 41.4 Å². The van der Waals surface area contributed by atoms with Crippen LogP contribution >= 0.6 is 0 Å². The van der Waals surface area contributed by atoms with Gasteiger partial charge in [0.15, 0.2) is 5.84 Å². The number of hydrogen-bond acceptors (Lipinski definition) is 8. The number of rotatable bonds is 4. The first-order valence-electron chi connectivity index (χ1n) is 9.41. The molecule has 158 valence electrons. The molecule has 1 fully saturated rings. The lowest BCUT2D eigenvalue weighted by atomic mass is 10.1. The molecule has 0 N–H and O–H groups in total. The van der Waals surface area contributed by atoms with Crippen molar-refractivity contribution in [3.05, 3.63) is 79.9 Å². The van der Waals surface area contributed by atoms with E-state index in [0.29, 0.717) is 49.0 Å². The zero-order valence-corrected chi connectivity index (χ0v) is 16.2. The van der Waals surface area contributed by atoms with E-state index in [1.807, 2.05) is 4.90 Å². The van der Waals surface area contributed by atoms with Crippen molar-refractivity contribution in [2.75, 3.05) is 31.3 Å². The maximum atomic E-state index is 13.2. The van der Waals surface area contributed by atoms with Crippen LogP contribution < -0.4 is 5.01 Å². The highest BCUT2D eigenvalue weighted by Gasteiger charge is 2.35. The quantitative estimate of drug-likeness (QED) is 0.419. The second-order valence-corrected chi connectivity index (χ2v) is 6.82. The smallest absolute Gasteiger partial charge is 0.282 e. The summed E-state index contributed by atoms with van der Waals surface area (Å²) in [6.07, 6.45) is 1.63. The van der Waals surface area contributed by atoms with E-state index in [0.717, 1.165) is 0 Å². The molecule has 0 saturated carbocycles. The summed E-state index contributed by atoms with van der Waals surface area (Å²) in [5.74, 6) is 0.0682. The highest BCUT2D eigenvalue weighted by molar-refractivity contribution is 6.32. The molecule has 1 saturated heterocycles. The molecule has 2 aromatic carbocycles. The molecule has 2 aliphatic rings. The third-order valence-electron chi connectivity index (χ3n) is 4.89. The first-order valence-corrected chi connectivity index (χ1v) is 9.41.